The molecule has 3 saturated heterocycles. The maximum atomic E-state index is 14.3. The van der Waals surface area contributed by atoms with Crippen LogP contribution in [0.25, 0.3) is 0 Å². The first-order valence-corrected chi connectivity index (χ1v) is 16.8. The molecule has 1 aromatic rings. The van der Waals surface area contributed by atoms with Gasteiger partial charge in [-0.3, -0.25) is 19.2 Å². The van der Waals surface area contributed by atoms with Gasteiger partial charge in [-0.15, -0.1) is 13.2 Å². The van der Waals surface area contributed by atoms with E-state index < -0.39 is 47.7 Å². The zero-order valence-electron chi connectivity index (χ0n) is 26.8. The van der Waals surface area contributed by atoms with Gasteiger partial charge in [0.25, 0.3) is 0 Å². The van der Waals surface area contributed by atoms with Crippen LogP contribution in [0.4, 0.5) is 0 Å². The summed E-state index contributed by atoms with van der Waals surface area (Å²) in [6.07, 6.45) is 2.93. The largest absolute Gasteiger partial charge is 0.455 e. The van der Waals surface area contributed by atoms with E-state index >= 15 is 0 Å². The van der Waals surface area contributed by atoms with Crippen molar-refractivity contribution in [3.63, 3.8) is 0 Å². The molecule has 1 aromatic carbocycles. The van der Waals surface area contributed by atoms with Gasteiger partial charge in [-0.1, -0.05) is 58.4 Å². The van der Waals surface area contributed by atoms with Crippen LogP contribution in [0.15, 0.2) is 55.6 Å². The fourth-order valence-electron chi connectivity index (χ4n) is 7.14. The quantitative estimate of drug-likeness (QED) is 0.144. The molecule has 0 radical (unpaired) electrons. The van der Waals surface area contributed by atoms with Crippen LogP contribution in [0.5, 0.6) is 0 Å². The van der Waals surface area contributed by atoms with Gasteiger partial charge < -0.3 is 34.4 Å². The number of carbonyl (C=O) groups is 4. The Morgan fingerprint density at radius 2 is 1.96 bits per heavy atom. The van der Waals surface area contributed by atoms with Gasteiger partial charge in [0.1, 0.15) is 17.7 Å². The van der Waals surface area contributed by atoms with Crippen molar-refractivity contribution in [3.8, 4) is 0 Å². The third kappa shape index (κ3) is 6.95. The van der Waals surface area contributed by atoms with Gasteiger partial charge in [0.15, 0.2) is 0 Å². The molecule has 252 valence electrons. The molecule has 3 aliphatic rings. The number of rotatable bonds is 17. The van der Waals surface area contributed by atoms with Crippen molar-refractivity contribution in [1.29, 1.82) is 0 Å². The van der Waals surface area contributed by atoms with E-state index in [1.54, 1.807) is 29.2 Å². The first-order valence-electron chi connectivity index (χ1n) is 15.8. The minimum absolute atomic E-state index is 0.0600. The zero-order valence-corrected chi connectivity index (χ0v) is 28.4. The Bertz CT molecular complexity index is 1280. The molecular formula is C34H46BrN3O8. The molecule has 0 saturated carbocycles. The predicted octanol–water partition coefficient (Wildman–Crippen LogP) is 2.92. The number of halogens is 1. The fourth-order valence-corrected chi connectivity index (χ4v) is 8.08. The summed E-state index contributed by atoms with van der Waals surface area (Å²) in [6.45, 7) is 11.6. The average Bonchev–Trinajstić information content (AvgIpc) is 3.63. The normalized spacial score (nSPS) is 27.7. The highest BCUT2D eigenvalue weighted by molar-refractivity contribution is 9.09. The molecule has 8 atom stereocenters. The summed E-state index contributed by atoms with van der Waals surface area (Å²) >= 11 is 3.69. The molecule has 3 amide bonds. The summed E-state index contributed by atoms with van der Waals surface area (Å²) in [5, 5.41) is 12.6. The second-order valence-corrected chi connectivity index (χ2v) is 13.5. The molecule has 0 aliphatic carbocycles. The Balaban J connectivity index is 1.71. The molecular weight excluding hydrogens is 658 g/mol. The summed E-state index contributed by atoms with van der Waals surface area (Å²) in [7, 11) is 1.50. The van der Waals surface area contributed by atoms with Crippen molar-refractivity contribution in [3.05, 3.63) is 61.2 Å². The minimum atomic E-state index is -1.27. The van der Waals surface area contributed by atoms with Crippen LogP contribution in [-0.4, -0.2) is 107 Å². The van der Waals surface area contributed by atoms with Gasteiger partial charge in [-0.2, -0.15) is 0 Å². The highest BCUT2D eigenvalue weighted by Crippen LogP contribution is 2.60. The number of aliphatic hydroxyl groups is 1. The monoisotopic (exact) mass is 703 g/mol. The number of amides is 3. The molecule has 3 heterocycles. The molecule has 3 aliphatic heterocycles. The van der Waals surface area contributed by atoms with E-state index in [0.29, 0.717) is 18.4 Å². The van der Waals surface area contributed by atoms with Crippen molar-refractivity contribution in [2.45, 2.75) is 80.3 Å². The lowest BCUT2D eigenvalue weighted by molar-refractivity contribution is -0.163. The van der Waals surface area contributed by atoms with Gasteiger partial charge in [-0.25, -0.2) is 0 Å². The number of nitrogens with zero attached hydrogens (tertiary/aromatic N) is 2. The number of aliphatic hydroxyl groups excluding tert-OH is 1. The lowest BCUT2D eigenvalue weighted by Gasteiger charge is -2.38. The number of likely N-dealkylation sites (tertiary alicyclic amines) is 1. The summed E-state index contributed by atoms with van der Waals surface area (Å²) < 4.78 is 18.3. The summed E-state index contributed by atoms with van der Waals surface area (Å²) in [4.78, 5) is 58.5. The summed E-state index contributed by atoms with van der Waals surface area (Å²) in [5.41, 5.74) is -0.628. The van der Waals surface area contributed by atoms with E-state index in [4.69, 9.17) is 14.2 Å². The number of esters is 1. The smallest absolute Gasteiger partial charge is 0.313 e. The maximum absolute atomic E-state index is 14.3. The standard InChI is InChI=1S/C34H46BrN3O8/c1-6-8-15-25(40)36-24(20-44-5)28(22-13-10-9-11-14-22)45-33(43)26-27-31(41)38(17-12-18-39)30(32(42)37(16-7-2)21(3)4)34(27)19-23(35)29(26)46-34/h6-7,9-11,13-14,21,23-24,26-30,39H,1-2,8,12,15-20H2,3-5H3,(H,36,40)/t23?,24-,26-,27+,28-,29-,30-,34+/m1/s1. The third-order valence-electron chi connectivity index (χ3n) is 9.09. The summed E-state index contributed by atoms with van der Waals surface area (Å²) in [5.74, 6) is -3.56. The second kappa shape index (κ2) is 15.7. The minimum Gasteiger partial charge on any atom is -0.455 e. The van der Waals surface area contributed by atoms with Crippen LogP contribution in [0.3, 0.4) is 0 Å². The molecule has 3 fully saturated rings. The predicted molar refractivity (Wildman–Crippen MR) is 175 cm³/mol. The molecule has 2 bridgehead atoms. The molecule has 4 rings (SSSR count). The topological polar surface area (TPSA) is 135 Å². The SMILES string of the molecule is C=CCCC(=O)N[C@H](COC)[C@H](OC(=O)[C@H]1[C@@H]2O[C@@]3(CC2Br)[C@@H]1C(=O)N(CCCO)[C@@H]3C(=O)N(CC=C)C(C)C)c1ccccc1. The van der Waals surface area contributed by atoms with Gasteiger partial charge in [0, 0.05) is 44.1 Å². The highest BCUT2D eigenvalue weighted by atomic mass is 79.9. The molecule has 46 heavy (non-hydrogen) atoms. The number of hydrogen-bond acceptors (Lipinski definition) is 8. The van der Waals surface area contributed by atoms with Crippen LogP contribution in [0, 0.1) is 11.8 Å². The van der Waals surface area contributed by atoms with Crippen LogP contribution in [-0.2, 0) is 33.4 Å². The van der Waals surface area contributed by atoms with Gasteiger partial charge in [0.2, 0.25) is 17.7 Å². The number of allylic oxidation sites excluding steroid dienone is 1. The number of nitrogens with one attached hydrogen (secondary N) is 1. The maximum Gasteiger partial charge on any atom is 0.313 e. The highest BCUT2D eigenvalue weighted by Gasteiger charge is 2.77. The number of hydrogen-bond donors (Lipinski definition) is 2. The number of ether oxygens (including phenoxy) is 3. The van der Waals surface area contributed by atoms with Crippen LogP contribution >= 0.6 is 15.9 Å². The van der Waals surface area contributed by atoms with Crippen molar-refractivity contribution < 1.29 is 38.5 Å². The van der Waals surface area contributed by atoms with E-state index in [-0.39, 0.29) is 67.7 Å². The second-order valence-electron chi connectivity index (χ2n) is 12.4. The Labute approximate surface area is 279 Å². The molecule has 11 nitrogen and oxygen atoms in total. The number of carbonyl (C=O) groups excluding carboxylic acids is 4. The Morgan fingerprint density at radius 3 is 2.57 bits per heavy atom. The average molecular weight is 705 g/mol. The van der Waals surface area contributed by atoms with E-state index in [9.17, 15) is 24.3 Å². The van der Waals surface area contributed by atoms with Crippen LogP contribution in [0.1, 0.15) is 51.2 Å². The Morgan fingerprint density at radius 1 is 1.24 bits per heavy atom. The number of fused-ring (bicyclic) bond motifs is 1. The van der Waals surface area contributed by atoms with E-state index in [0.717, 1.165) is 0 Å². The van der Waals surface area contributed by atoms with E-state index in [2.05, 4.69) is 34.4 Å². The number of benzene rings is 1. The third-order valence-corrected chi connectivity index (χ3v) is 9.93. The molecule has 2 N–H and O–H groups in total. The number of methoxy groups -OCH3 is 1. The van der Waals surface area contributed by atoms with E-state index in [1.807, 2.05) is 32.0 Å². The first-order chi connectivity index (χ1) is 22.1. The molecule has 0 aromatic heterocycles. The van der Waals surface area contributed by atoms with E-state index in [1.165, 1.54) is 12.0 Å². The van der Waals surface area contributed by atoms with Crippen LogP contribution < -0.4 is 5.32 Å². The fraction of sp³-hybridized carbons (Fsp3) is 0.588. The lowest BCUT2D eigenvalue weighted by Crippen LogP contribution is -2.58. The first kappa shape index (κ1) is 35.8. The van der Waals surface area contributed by atoms with Gasteiger partial charge in [0.05, 0.1) is 30.6 Å². The Kier molecular flexibility index (Phi) is 12.2. The summed E-state index contributed by atoms with van der Waals surface area (Å²) in [6, 6.07) is 7.16. The van der Waals surface area contributed by atoms with Crippen LogP contribution in [0.2, 0.25) is 0 Å². The van der Waals surface area contributed by atoms with Gasteiger partial charge in [-0.05, 0) is 38.7 Å². The van der Waals surface area contributed by atoms with Crippen molar-refractivity contribution >= 4 is 39.6 Å². The number of alkyl halides is 1. The van der Waals surface area contributed by atoms with Crippen molar-refractivity contribution in [2.24, 2.45) is 11.8 Å². The molecule has 1 unspecified atom stereocenters. The van der Waals surface area contributed by atoms with Crippen molar-refractivity contribution in [2.75, 3.05) is 33.4 Å². The Hall–Kier alpha value is -3.06. The van der Waals surface area contributed by atoms with Crippen molar-refractivity contribution in [1.82, 2.24) is 15.1 Å². The molecule has 12 heteroatoms. The zero-order chi connectivity index (χ0) is 33.6. The van der Waals surface area contributed by atoms with Gasteiger partial charge >= 0.3 is 5.97 Å². The lowest BCUT2D eigenvalue weighted by atomic mass is 9.70. The molecule has 1 spiro atoms.